The lowest BCUT2D eigenvalue weighted by molar-refractivity contribution is 0.0696. The summed E-state index contributed by atoms with van der Waals surface area (Å²) in [5, 5.41) is 9.74. The topological polar surface area (TPSA) is 89.1 Å². The Balaban J connectivity index is 2.37. The van der Waals surface area contributed by atoms with Gasteiger partial charge in [-0.15, -0.1) is 11.8 Å². The molecule has 0 amide bonds. The van der Waals surface area contributed by atoms with Crippen LogP contribution in [0.5, 0.6) is 0 Å². The van der Waals surface area contributed by atoms with Crippen molar-refractivity contribution < 1.29 is 9.90 Å². The fourth-order valence-electron chi connectivity index (χ4n) is 2.15. The number of carbonyl (C=O) groups is 1. The number of nitrogen functional groups attached to an aromatic ring is 1. The van der Waals surface area contributed by atoms with Gasteiger partial charge in [0, 0.05) is 16.8 Å². The second kappa shape index (κ2) is 6.00. The summed E-state index contributed by atoms with van der Waals surface area (Å²) in [6.07, 6.45) is 1.05. The van der Waals surface area contributed by atoms with Crippen LogP contribution in [0.15, 0.2) is 0 Å². The predicted molar refractivity (Wildman–Crippen MR) is 79.9 cm³/mol. The van der Waals surface area contributed by atoms with Gasteiger partial charge in [-0.3, -0.25) is 0 Å². The van der Waals surface area contributed by atoms with Crippen molar-refractivity contribution in [2.24, 2.45) is 0 Å². The first kappa shape index (κ1) is 14.5. The van der Waals surface area contributed by atoms with Gasteiger partial charge in [-0.2, -0.15) is 11.8 Å². The largest absolute Gasteiger partial charge is 0.477 e. The first-order chi connectivity index (χ1) is 9.04. The molecule has 2 unspecified atom stereocenters. The number of aromatic carboxylic acids is 1. The summed E-state index contributed by atoms with van der Waals surface area (Å²) in [5.41, 5.74) is 6.23. The summed E-state index contributed by atoms with van der Waals surface area (Å²) in [7, 11) is 0. The molecule has 2 atom stereocenters. The van der Waals surface area contributed by atoms with Crippen molar-refractivity contribution in [2.45, 2.75) is 30.8 Å². The van der Waals surface area contributed by atoms with Gasteiger partial charge < -0.3 is 10.8 Å². The number of rotatable bonds is 3. The molecule has 0 aromatic carbocycles. The van der Waals surface area contributed by atoms with E-state index in [-0.39, 0.29) is 16.6 Å². The average Bonchev–Trinajstić information content (AvgIpc) is 2.37. The van der Waals surface area contributed by atoms with Gasteiger partial charge in [0.05, 0.1) is 10.9 Å². The maximum absolute atomic E-state index is 11.1. The molecule has 1 saturated heterocycles. The van der Waals surface area contributed by atoms with Gasteiger partial charge in [0.2, 0.25) is 0 Å². The van der Waals surface area contributed by atoms with Crippen LogP contribution in [0.3, 0.4) is 0 Å². The summed E-state index contributed by atoms with van der Waals surface area (Å²) < 4.78 is 0. The van der Waals surface area contributed by atoms with E-state index in [1.165, 1.54) is 0 Å². The quantitative estimate of drug-likeness (QED) is 0.885. The molecular formula is C12H17N3O2S2. The van der Waals surface area contributed by atoms with Crippen LogP contribution in [0.4, 0.5) is 5.82 Å². The molecule has 1 aliphatic heterocycles. The van der Waals surface area contributed by atoms with E-state index in [2.05, 4.69) is 16.9 Å². The Hall–Kier alpha value is -0.950. The number of anilines is 1. The Kier molecular flexibility index (Phi) is 4.57. The Morgan fingerprint density at radius 2 is 2.11 bits per heavy atom. The van der Waals surface area contributed by atoms with Gasteiger partial charge in [0.25, 0.3) is 0 Å². The van der Waals surface area contributed by atoms with Crippen molar-refractivity contribution in [3.63, 3.8) is 0 Å². The summed E-state index contributed by atoms with van der Waals surface area (Å²) >= 11 is 3.76. The highest BCUT2D eigenvalue weighted by atomic mass is 32.2. The van der Waals surface area contributed by atoms with E-state index < -0.39 is 5.97 Å². The highest BCUT2D eigenvalue weighted by Crippen LogP contribution is 2.43. The maximum Gasteiger partial charge on any atom is 0.341 e. The number of hydrogen-bond donors (Lipinski definition) is 2. The highest BCUT2D eigenvalue weighted by Gasteiger charge is 2.30. The molecule has 2 heterocycles. The fraction of sp³-hybridized carbons (Fsp3) is 0.583. The monoisotopic (exact) mass is 299 g/mol. The average molecular weight is 299 g/mol. The number of carboxylic acid groups (broad SMARTS) is 1. The molecule has 0 spiro atoms. The lowest BCUT2D eigenvalue weighted by Gasteiger charge is -2.29. The number of thioether (sulfide) groups is 2. The van der Waals surface area contributed by atoms with Crippen LogP contribution in [0.2, 0.25) is 0 Å². The minimum absolute atomic E-state index is 0.0188. The highest BCUT2D eigenvalue weighted by molar-refractivity contribution is 8.06. The second-order valence-corrected chi connectivity index (χ2v) is 6.94. The van der Waals surface area contributed by atoms with Gasteiger partial charge in [0.1, 0.15) is 17.2 Å². The third-order valence-electron chi connectivity index (χ3n) is 3.06. The van der Waals surface area contributed by atoms with E-state index in [0.29, 0.717) is 16.8 Å². The van der Waals surface area contributed by atoms with E-state index in [9.17, 15) is 4.79 Å². The molecule has 0 aliphatic carbocycles. The van der Waals surface area contributed by atoms with Gasteiger partial charge in [-0.05, 0) is 13.3 Å². The molecule has 2 rings (SSSR count). The molecule has 5 nitrogen and oxygen atoms in total. The van der Waals surface area contributed by atoms with Crippen LogP contribution in [0.1, 0.15) is 40.5 Å². The van der Waals surface area contributed by atoms with Gasteiger partial charge in [0.15, 0.2) is 0 Å². The Labute approximate surface area is 120 Å². The van der Waals surface area contributed by atoms with Gasteiger partial charge in [-0.1, -0.05) is 6.92 Å². The summed E-state index contributed by atoms with van der Waals surface area (Å²) in [5.74, 6) is 1.88. The first-order valence-corrected chi connectivity index (χ1v) is 8.24. The van der Waals surface area contributed by atoms with E-state index in [4.69, 9.17) is 10.8 Å². The number of aromatic nitrogens is 2. The summed E-state index contributed by atoms with van der Waals surface area (Å²) in [4.78, 5) is 19.7. The number of nitrogens with two attached hydrogens (primary N) is 1. The molecule has 1 aliphatic rings. The van der Waals surface area contributed by atoms with Crippen molar-refractivity contribution in [3.8, 4) is 0 Å². The van der Waals surface area contributed by atoms with E-state index in [1.807, 2.05) is 23.5 Å². The molecule has 104 valence electrons. The van der Waals surface area contributed by atoms with Crippen LogP contribution in [0, 0.1) is 6.92 Å². The SMILES string of the molecule is CCC1SCCSC1c1nc(C)c(C(=O)O)c(N)n1. The van der Waals surface area contributed by atoms with E-state index in [0.717, 1.165) is 17.9 Å². The number of hydrogen-bond acceptors (Lipinski definition) is 6. The maximum atomic E-state index is 11.1. The van der Waals surface area contributed by atoms with Crippen molar-refractivity contribution in [1.29, 1.82) is 0 Å². The van der Waals surface area contributed by atoms with E-state index in [1.54, 1.807) is 6.92 Å². The number of aryl methyl sites for hydroxylation is 1. The third-order valence-corrected chi connectivity index (χ3v) is 6.30. The zero-order valence-corrected chi connectivity index (χ0v) is 12.6. The standard InChI is InChI=1S/C12H17N3O2S2/c1-3-7-9(19-5-4-18-7)11-14-6(2)8(12(16)17)10(13)15-11/h7,9H,3-5H2,1-2H3,(H,16,17)(H2,13,14,15). The van der Waals surface area contributed by atoms with Crippen molar-refractivity contribution >= 4 is 35.3 Å². The van der Waals surface area contributed by atoms with Crippen molar-refractivity contribution in [3.05, 3.63) is 17.1 Å². The van der Waals surface area contributed by atoms with Crippen molar-refractivity contribution in [1.82, 2.24) is 9.97 Å². The number of nitrogens with zero attached hydrogens (tertiary/aromatic N) is 2. The minimum Gasteiger partial charge on any atom is -0.477 e. The number of carboxylic acids is 1. The van der Waals surface area contributed by atoms with Gasteiger partial charge in [-0.25, -0.2) is 14.8 Å². The molecule has 1 aromatic heterocycles. The Morgan fingerprint density at radius 3 is 2.68 bits per heavy atom. The lowest BCUT2D eigenvalue weighted by atomic mass is 10.2. The minimum atomic E-state index is -1.07. The molecule has 7 heteroatoms. The molecule has 19 heavy (non-hydrogen) atoms. The molecule has 0 bridgehead atoms. The Morgan fingerprint density at radius 1 is 1.42 bits per heavy atom. The zero-order chi connectivity index (χ0) is 14.0. The summed E-state index contributed by atoms with van der Waals surface area (Å²) in [6, 6.07) is 0. The van der Waals surface area contributed by atoms with Crippen LogP contribution in [-0.2, 0) is 0 Å². The second-order valence-electron chi connectivity index (χ2n) is 4.34. The molecule has 1 fully saturated rings. The van der Waals surface area contributed by atoms with Crippen LogP contribution in [0.25, 0.3) is 0 Å². The van der Waals surface area contributed by atoms with Crippen LogP contribution in [-0.4, -0.2) is 37.8 Å². The Bertz CT molecular complexity index is 473. The normalized spacial score (nSPS) is 23.3. The van der Waals surface area contributed by atoms with Crippen LogP contribution >= 0.6 is 23.5 Å². The third kappa shape index (κ3) is 2.97. The molecule has 0 saturated carbocycles. The molecule has 0 radical (unpaired) electrons. The van der Waals surface area contributed by atoms with Gasteiger partial charge >= 0.3 is 5.97 Å². The fourth-order valence-corrected chi connectivity index (χ4v) is 5.14. The smallest absolute Gasteiger partial charge is 0.341 e. The first-order valence-electron chi connectivity index (χ1n) is 6.15. The van der Waals surface area contributed by atoms with Crippen molar-refractivity contribution in [2.75, 3.05) is 17.2 Å². The molecule has 3 N–H and O–H groups in total. The van der Waals surface area contributed by atoms with E-state index >= 15 is 0 Å². The molecular weight excluding hydrogens is 282 g/mol. The predicted octanol–water partition coefficient (Wildman–Crippen LogP) is 2.37. The summed E-state index contributed by atoms with van der Waals surface area (Å²) in [6.45, 7) is 3.82. The zero-order valence-electron chi connectivity index (χ0n) is 10.9. The lowest BCUT2D eigenvalue weighted by Crippen LogP contribution is -2.22. The molecule has 1 aromatic rings. The van der Waals surface area contributed by atoms with Crippen LogP contribution < -0.4 is 5.73 Å².